The number of methoxy groups -OCH3 is 1. The van der Waals surface area contributed by atoms with Crippen LogP contribution in [-0.4, -0.2) is 31.1 Å². The summed E-state index contributed by atoms with van der Waals surface area (Å²) in [6, 6.07) is 11.3. The van der Waals surface area contributed by atoms with E-state index in [1.165, 1.54) is 4.90 Å². The third-order valence-electron chi connectivity index (χ3n) is 6.20. The van der Waals surface area contributed by atoms with Gasteiger partial charge in [0.2, 0.25) is 11.8 Å². The predicted octanol–water partition coefficient (Wildman–Crippen LogP) is 3.26. The van der Waals surface area contributed by atoms with Crippen LogP contribution in [0.2, 0.25) is 0 Å². The standard InChI is InChI=1S/C21H17NO5/c1-25-17-8-11-10-4-2-3-5-13(10)26-16(11)9-12(17)22-20(23)18-14-6-7-15(27-14)19(18)21(22)24/h2-5,8-9,14-15,18-19H,6-7H2,1H3/t14-,15+,18-,19+. The largest absolute Gasteiger partial charge is 0.495 e. The molecule has 6 heteroatoms. The molecule has 4 atom stereocenters. The number of fused-ring (bicyclic) bond motifs is 8. The number of furan rings is 1. The summed E-state index contributed by atoms with van der Waals surface area (Å²) in [6.45, 7) is 0. The quantitative estimate of drug-likeness (QED) is 0.654. The summed E-state index contributed by atoms with van der Waals surface area (Å²) in [7, 11) is 1.55. The van der Waals surface area contributed by atoms with E-state index < -0.39 is 0 Å². The van der Waals surface area contributed by atoms with E-state index in [-0.39, 0.29) is 35.9 Å². The van der Waals surface area contributed by atoms with Gasteiger partial charge in [-0.15, -0.1) is 0 Å². The number of ether oxygens (including phenoxy) is 2. The fraction of sp³-hybridized carbons (Fsp3) is 0.333. The Morgan fingerprint density at radius 1 is 0.963 bits per heavy atom. The monoisotopic (exact) mass is 363 g/mol. The van der Waals surface area contributed by atoms with Crippen molar-refractivity contribution in [1.29, 1.82) is 0 Å². The number of nitrogens with zero attached hydrogens (tertiary/aromatic N) is 1. The molecule has 27 heavy (non-hydrogen) atoms. The lowest BCUT2D eigenvalue weighted by atomic mass is 9.81. The van der Waals surface area contributed by atoms with Crippen LogP contribution >= 0.6 is 0 Å². The van der Waals surface area contributed by atoms with Gasteiger partial charge in [-0.1, -0.05) is 18.2 Å². The Balaban J connectivity index is 1.53. The van der Waals surface area contributed by atoms with Crippen molar-refractivity contribution in [2.45, 2.75) is 25.0 Å². The second-order valence-electron chi connectivity index (χ2n) is 7.47. The predicted molar refractivity (Wildman–Crippen MR) is 97.6 cm³/mol. The number of hydrogen-bond acceptors (Lipinski definition) is 5. The van der Waals surface area contributed by atoms with Crippen LogP contribution in [-0.2, 0) is 14.3 Å². The summed E-state index contributed by atoms with van der Waals surface area (Å²) in [6.07, 6.45) is 1.42. The minimum absolute atomic E-state index is 0.137. The van der Waals surface area contributed by atoms with Gasteiger partial charge in [0, 0.05) is 16.8 Å². The minimum Gasteiger partial charge on any atom is -0.495 e. The molecule has 3 aliphatic rings. The van der Waals surface area contributed by atoms with Gasteiger partial charge >= 0.3 is 0 Å². The van der Waals surface area contributed by atoms with E-state index in [0.29, 0.717) is 17.0 Å². The molecule has 0 saturated carbocycles. The molecule has 136 valence electrons. The number of hydrogen-bond donors (Lipinski definition) is 0. The van der Waals surface area contributed by atoms with Crippen LogP contribution in [0.4, 0.5) is 5.69 Å². The molecule has 6 rings (SSSR count). The van der Waals surface area contributed by atoms with E-state index in [1.54, 1.807) is 13.2 Å². The van der Waals surface area contributed by atoms with Gasteiger partial charge in [0.25, 0.3) is 0 Å². The Hall–Kier alpha value is -2.86. The fourth-order valence-corrected chi connectivity index (χ4v) is 5.03. The molecular weight excluding hydrogens is 346 g/mol. The van der Waals surface area contributed by atoms with Crippen molar-refractivity contribution < 1.29 is 23.5 Å². The third kappa shape index (κ3) is 1.83. The van der Waals surface area contributed by atoms with E-state index >= 15 is 0 Å². The van der Waals surface area contributed by atoms with Crippen molar-refractivity contribution in [3.05, 3.63) is 36.4 Å². The molecule has 0 aliphatic carbocycles. The van der Waals surface area contributed by atoms with Gasteiger partial charge in [-0.05, 0) is 25.0 Å². The Bertz CT molecular complexity index is 1100. The maximum atomic E-state index is 13.1. The van der Waals surface area contributed by atoms with Crippen LogP contribution in [0.5, 0.6) is 5.75 Å². The van der Waals surface area contributed by atoms with Gasteiger partial charge in [0.05, 0.1) is 36.8 Å². The average molecular weight is 363 g/mol. The molecule has 4 heterocycles. The van der Waals surface area contributed by atoms with Crippen LogP contribution < -0.4 is 9.64 Å². The van der Waals surface area contributed by atoms with Gasteiger partial charge in [0.1, 0.15) is 16.9 Å². The van der Waals surface area contributed by atoms with Crippen molar-refractivity contribution in [3.63, 3.8) is 0 Å². The number of para-hydroxylation sites is 1. The van der Waals surface area contributed by atoms with Crippen LogP contribution in [0.25, 0.3) is 21.9 Å². The van der Waals surface area contributed by atoms with Crippen molar-refractivity contribution in [3.8, 4) is 5.75 Å². The van der Waals surface area contributed by atoms with Gasteiger partial charge in [-0.25, -0.2) is 4.90 Å². The highest BCUT2D eigenvalue weighted by Crippen LogP contribution is 2.51. The zero-order valence-corrected chi connectivity index (χ0v) is 14.7. The Labute approximate surface area is 154 Å². The Kier molecular flexibility index (Phi) is 2.88. The minimum atomic E-state index is -0.368. The molecule has 0 radical (unpaired) electrons. The lowest BCUT2D eigenvalue weighted by molar-refractivity contribution is -0.124. The van der Waals surface area contributed by atoms with E-state index in [0.717, 1.165) is 29.2 Å². The summed E-state index contributed by atoms with van der Waals surface area (Å²) in [5.74, 6) is -0.624. The Morgan fingerprint density at radius 3 is 2.37 bits per heavy atom. The summed E-state index contributed by atoms with van der Waals surface area (Å²) in [4.78, 5) is 27.5. The van der Waals surface area contributed by atoms with Crippen molar-refractivity contribution in [2.24, 2.45) is 11.8 Å². The SMILES string of the molecule is COc1cc2c(cc1N1C(=O)[C@@H]3[C@H](C1=O)[C@H]1CC[C@@H]3O1)oc1ccccc12. The molecule has 2 aromatic carbocycles. The van der Waals surface area contributed by atoms with Crippen molar-refractivity contribution >= 4 is 39.4 Å². The topological polar surface area (TPSA) is 69.0 Å². The first kappa shape index (κ1) is 15.2. The second kappa shape index (κ2) is 5.10. The molecule has 0 spiro atoms. The molecule has 3 fully saturated rings. The number of benzene rings is 2. The number of anilines is 1. The van der Waals surface area contributed by atoms with Crippen molar-refractivity contribution in [2.75, 3.05) is 12.0 Å². The van der Waals surface area contributed by atoms with E-state index in [2.05, 4.69) is 0 Å². The molecule has 2 bridgehead atoms. The zero-order valence-electron chi connectivity index (χ0n) is 14.7. The molecule has 3 saturated heterocycles. The number of carbonyl (C=O) groups excluding carboxylic acids is 2. The van der Waals surface area contributed by atoms with Gasteiger partial charge < -0.3 is 13.9 Å². The average Bonchev–Trinajstić information content (AvgIpc) is 3.42. The van der Waals surface area contributed by atoms with E-state index in [1.807, 2.05) is 30.3 Å². The molecule has 6 nitrogen and oxygen atoms in total. The first-order valence-electron chi connectivity index (χ1n) is 9.20. The van der Waals surface area contributed by atoms with Gasteiger partial charge in [-0.3, -0.25) is 9.59 Å². The smallest absolute Gasteiger partial charge is 0.240 e. The lowest BCUT2D eigenvalue weighted by Gasteiger charge is -2.20. The van der Waals surface area contributed by atoms with Gasteiger partial charge in [0.15, 0.2) is 0 Å². The van der Waals surface area contributed by atoms with E-state index in [9.17, 15) is 9.59 Å². The second-order valence-corrected chi connectivity index (χ2v) is 7.47. The first-order chi connectivity index (χ1) is 13.2. The highest BCUT2D eigenvalue weighted by molar-refractivity contribution is 6.24. The highest BCUT2D eigenvalue weighted by Gasteiger charge is 2.63. The normalized spacial score (nSPS) is 29.3. The molecule has 0 unspecified atom stereocenters. The van der Waals surface area contributed by atoms with Gasteiger partial charge in [-0.2, -0.15) is 0 Å². The molecular formula is C21H17NO5. The summed E-state index contributed by atoms with van der Waals surface area (Å²) < 4.78 is 17.3. The number of amides is 2. The number of imide groups is 1. The maximum absolute atomic E-state index is 13.1. The van der Waals surface area contributed by atoms with Crippen LogP contribution in [0.15, 0.2) is 40.8 Å². The number of rotatable bonds is 2. The lowest BCUT2D eigenvalue weighted by Crippen LogP contribution is -2.34. The summed E-state index contributed by atoms with van der Waals surface area (Å²) in [5, 5.41) is 1.87. The Morgan fingerprint density at radius 2 is 1.67 bits per heavy atom. The van der Waals surface area contributed by atoms with E-state index in [4.69, 9.17) is 13.9 Å². The highest BCUT2D eigenvalue weighted by atomic mass is 16.5. The molecule has 3 aliphatic heterocycles. The molecule has 1 aromatic heterocycles. The molecule has 3 aromatic rings. The summed E-state index contributed by atoms with van der Waals surface area (Å²) >= 11 is 0. The zero-order chi connectivity index (χ0) is 18.3. The molecule has 2 amide bonds. The summed E-state index contributed by atoms with van der Waals surface area (Å²) in [5.41, 5.74) is 1.84. The van der Waals surface area contributed by atoms with Crippen LogP contribution in [0.3, 0.4) is 0 Å². The van der Waals surface area contributed by atoms with Crippen molar-refractivity contribution in [1.82, 2.24) is 0 Å². The fourth-order valence-electron chi connectivity index (χ4n) is 5.03. The first-order valence-corrected chi connectivity index (χ1v) is 9.20. The molecule has 0 N–H and O–H groups in total. The maximum Gasteiger partial charge on any atom is 0.240 e. The van der Waals surface area contributed by atoms with Crippen LogP contribution in [0.1, 0.15) is 12.8 Å². The van der Waals surface area contributed by atoms with Crippen LogP contribution in [0, 0.1) is 11.8 Å². The third-order valence-corrected chi connectivity index (χ3v) is 6.20. The number of carbonyl (C=O) groups is 2.